The topological polar surface area (TPSA) is 99.8 Å². The Bertz CT molecular complexity index is 455. The van der Waals surface area contributed by atoms with Gasteiger partial charge in [0.15, 0.2) is 0 Å². The van der Waals surface area contributed by atoms with Crippen molar-refractivity contribution >= 4 is 5.91 Å². The minimum absolute atomic E-state index is 0.152. The number of carbonyl (C=O) groups is 1. The minimum Gasteiger partial charge on any atom is -0.368 e. The molecule has 6 nitrogen and oxygen atoms in total. The van der Waals surface area contributed by atoms with Gasteiger partial charge in [0.25, 0.3) is 0 Å². The lowest BCUT2D eigenvalue weighted by Gasteiger charge is -2.27. The maximum absolute atomic E-state index is 11.5. The van der Waals surface area contributed by atoms with Gasteiger partial charge in [0.2, 0.25) is 5.91 Å². The number of hydrogen-bond acceptors (Lipinski definition) is 4. The Morgan fingerprint density at radius 1 is 1.56 bits per heavy atom. The van der Waals surface area contributed by atoms with E-state index in [1.165, 1.54) is 0 Å². The van der Waals surface area contributed by atoms with Crippen LogP contribution in [-0.4, -0.2) is 26.2 Å². The maximum Gasteiger partial charge on any atom is 0.237 e. The van der Waals surface area contributed by atoms with Crippen LogP contribution >= 0.6 is 0 Å². The van der Waals surface area contributed by atoms with Gasteiger partial charge in [-0.3, -0.25) is 9.48 Å². The second kappa shape index (κ2) is 4.68. The number of aryl methyl sites for hydroxylation is 3. The lowest BCUT2D eigenvalue weighted by Crippen LogP contribution is -2.54. The molecule has 0 bridgehead atoms. The van der Waals surface area contributed by atoms with Gasteiger partial charge in [-0.05, 0) is 39.0 Å². The average Bonchev–Trinajstić information content (AvgIpc) is 2.80. The number of primary amides is 1. The van der Waals surface area contributed by atoms with Crippen molar-refractivity contribution in [1.82, 2.24) is 14.8 Å². The standard InChI is InChI=1S/C12H21N5O/c1-8-15-9(2)17(16-8)7-5-10-4-3-6-12(10,14)11(13)18/h10H,3-7,14H2,1-2H3,(H2,13,18). The molecule has 1 aromatic heterocycles. The highest BCUT2D eigenvalue weighted by Gasteiger charge is 2.43. The van der Waals surface area contributed by atoms with Crippen LogP contribution in [0.4, 0.5) is 0 Å². The van der Waals surface area contributed by atoms with E-state index in [1.807, 2.05) is 18.5 Å². The third-order valence-corrected chi connectivity index (χ3v) is 3.98. The SMILES string of the molecule is Cc1nc(C)n(CCC2CCCC2(N)C(N)=O)n1. The molecule has 6 heteroatoms. The van der Waals surface area contributed by atoms with Gasteiger partial charge in [-0.25, -0.2) is 4.98 Å². The Hall–Kier alpha value is -1.43. The van der Waals surface area contributed by atoms with Crippen LogP contribution in [-0.2, 0) is 11.3 Å². The summed E-state index contributed by atoms with van der Waals surface area (Å²) in [5.74, 6) is 1.44. The molecule has 100 valence electrons. The summed E-state index contributed by atoms with van der Waals surface area (Å²) in [6.07, 6.45) is 3.46. The Kier molecular flexibility index (Phi) is 3.38. The average molecular weight is 251 g/mol. The second-order valence-electron chi connectivity index (χ2n) is 5.21. The molecule has 0 aromatic carbocycles. The molecular weight excluding hydrogens is 230 g/mol. The number of aromatic nitrogens is 3. The number of rotatable bonds is 4. The van der Waals surface area contributed by atoms with E-state index in [1.54, 1.807) is 0 Å². The first-order valence-electron chi connectivity index (χ1n) is 6.40. The first-order valence-corrected chi connectivity index (χ1v) is 6.40. The third-order valence-electron chi connectivity index (χ3n) is 3.98. The fourth-order valence-corrected chi connectivity index (χ4v) is 2.88. The molecular formula is C12H21N5O. The Labute approximate surface area is 107 Å². The van der Waals surface area contributed by atoms with Crippen molar-refractivity contribution in [3.05, 3.63) is 11.6 Å². The summed E-state index contributed by atoms with van der Waals surface area (Å²) >= 11 is 0. The van der Waals surface area contributed by atoms with Gasteiger partial charge >= 0.3 is 0 Å². The number of hydrogen-bond donors (Lipinski definition) is 2. The monoisotopic (exact) mass is 251 g/mol. The van der Waals surface area contributed by atoms with Crippen molar-refractivity contribution in [3.8, 4) is 0 Å². The van der Waals surface area contributed by atoms with Crippen LogP contribution in [0.3, 0.4) is 0 Å². The predicted octanol–water partition coefficient (Wildman–Crippen LogP) is 0.268. The van der Waals surface area contributed by atoms with Gasteiger partial charge in [-0.15, -0.1) is 0 Å². The lowest BCUT2D eigenvalue weighted by atomic mass is 9.85. The first-order chi connectivity index (χ1) is 8.43. The summed E-state index contributed by atoms with van der Waals surface area (Å²) in [6, 6.07) is 0. The van der Waals surface area contributed by atoms with Crippen molar-refractivity contribution < 1.29 is 4.79 Å². The molecule has 1 fully saturated rings. The van der Waals surface area contributed by atoms with Gasteiger partial charge < -0.3 is 11.5 Å². The normalized spacial score (nSPS) is 27.6. The molecule has 1 aromatic rings. The highest BCUT2D eigenvalue weighted by molar-refractivity contribution is 5.85. The van der Waals surface area contributed by atoms with Gasteiger partial charge in [0, 0.05) is 6.54 Å². The van der Waals surface area contributed by atoms with E-state index in [9.17, 15) is 4.79 Å². The molecule has 1 saturated carbocycles. The van der Waals surface area contributed by atoms with Crippen LogP contribution in [0.15, 0.2) is 0 Å². The van der Waals surface area contributed by atoms with E-state index in [2.05, 4.69) is 10.1 Å². The van der Waals surface area contributed by atoms with E-state index in [0.717, 1.165) is 37.5 Å². The van der Waals surface area contributed by atoms with E-state index in [-0.39, 0.29) is 11.8 Å². The maximum atomic E-state index is 11.5. The zero-order valence-corrected chi connectivity index (χ0v) is 11.0. The number of carbonyl (C=O) groups excluding carboxylic acids is 1. The molecule has 1 aliphatic rings. The second-order valence-corrected chi connectivity index (χ2v) is 5.21. The van der Waals surface area contributed by atoms with Gasteiger partial charge in [0.05, 0.1) is 5.54 Å². The largest absolute Gasteiger partial charge is 0.368 e. The smallest absolute Gasteiger partial charge is 0.237 e. The molecule has 1 heterocycles. The van der Waals surface area contributed by atoms with Crippen molar-refractivity contribution in [1.29, 1.82) is 0 Å². The molecule has 1 amide bonds. The van der Waals surface area contributed by atoms with E-state index >= 15 is 0 Å². The molecule has 2 atom stereocenters. The van der Waals surface area contributed by atoms with Crippen LogP contribution in [0.1, 0.15) is 37.3 Å². The van der Waals surface area contributed by atoms with Crippen LogP contribution < -0.4 is 11.5 Å². The summed E-state index contributed by atoms with van der Waals surface area (Å²) in [6.45, 7) is 4.54. The molecule has 18 heavy (non-hydrogen) atoms. The van der Waals surface area contributed by atoms with Crippen LogP contribution in [0.5, 0.6) is 0 Å². The van der Waals surface area contributed by atoms with E-state index < -0.39 is 5.54 Å². The lowest BCUT2D eigenvalue weighted by molar-refractivity contribution is -0.124. The van der Waals surface area contributed by atoms with Crippen molar-refractivity contribution in [2.24, 2.45) is 17.4 Å². The summed E-state index contributed by atoms with van der Waals surface area (Å²) in [5, 5.41) is 4.31. The quantitative estimate of drug-likeness (QED) is 0.802. The molecule has 0 radical (unpaired) electrons. The Morgan fingerprint density at radius 3 is 2.83 bits per heavy atom. The summed E-state index contributed by atoms with van der Waals surface area (Å²) < 4.78 is 1.87. The third kappa shape index (κ3) is 2.25. The molecule has 2 rings (SSSR count). The van der Waals surface area contributed by atoms with Crippen molar-refractivity contribution in [3.63, 3.8) is 0 Å². The highest BCUT2D eigenvalue weighted by Crippen LogP contribution is 2.36. The fourth-order valence-electron chi connectivity index (χ4n) is 2.88. The number of amides is 1. The van der Waals surface area contributed by atoms with Gasteiger partial charge in [-0.2, -0.15) is 5.10 Å². The summed E-state index contributed by atoms with van der Waals surface area (Å²) in [5.41, 5.74) is 10.7. The molecule has 4 N–H and O–H groups in total. The fraction of sp³-hybridized carbons (Fsp3) is 0.750. The molecule has 1 aliphatic carbocycles. The molecule has 2 unspecified atom stereocenters. The van der Waals surface area contributed by atoms with E-state index in [0.29, 0.717) is 6.42 Å². The van der Waals surface area contributed by atoms with Crippen LogP contribution in [0.25, 0.3) is 0 Å². The van der Waals surface area contributed by atoms with Crippen LogP contribution in [0, 0.1) is 19.8 Å². The Balaban J connectivity index is 2.02. The molecule has 0 spiro atoms. The number of nitrogens with two attached hydrogens (primary N) is 2. The molecule has 0 aliphatic heterocycles. The highest BCUT2D eigenvalue weighted by atomic mass is 16.1. The van der Waals surface area contributed by atoms with Gasteiger partial charge in [0.1, 0.15) is 11.6 Å². The Morgan fingerprint density at radius 2 is 2.28 bits per heavy atom. The summed E-state index contributed by atoms with van der Waals surface area (Å²) in [4.78, 5) is 15.7. The van der Waals surface area contributed by atoms with Crippen molar-refractivity contribution in [2.45, 2.75) is 51.6 Å². The van der Waals surface area contributed by atoms with Crippen molar-refractivity contribution in [2.75, 3.05) is 0 Å². The minimum atomic E-state index is -0.830. The number of nitrogens with zero attached hydrogens (tertiary/aromatic N) is 3. The zero-order chi connectivity index (χ0) is 13.3. The zero-order valence-electron chi connectivity index (χ0n) is 11.0. The predicted molar refractivity (Wildman–Crippen MR) is 67.6 cm³/mol. The summed E-state index contributed by atoms with van der Waals surface area (Å²) in [7, 11) is 0. The molecule has 0 saturated heterocycles. The first kappa shape index (κ1) is 13.0. The van der Waals surface area contributed by atoms with Gasteiger partial charge in [-0.1, -0.05) is 6.42 Å². The van der Waals surface area contributed by atoms with E-state index in [4.69, 9.17) is 11.5 Å². The van der Waals surface area contributed by atoms with Crippen LogP contribution in [0.2, 0.25) is 0 Å².